The van der Waals surface area contributed by atoms with Crippen molar-refractivity contribution in [2.45, 2.75) is 46.3 Å². The number of benzene rings is 1. The van der Waals surface area contributed by atoms with Gasteiger partial charge in [-0.25, -0.2) is 0 Å². The zero-order valence-electron chi connectivity index (χ0n) is 17.1. The number of aromatic nitrogens is 2. The number of carbonyl (C=O) groups is 3. The molecule has 0 saturated heterocycles. The number of nitrogens with one attached hydrogen (secondary N) is 2. The molecule has 29 heavy (non-hydrogen) atoms. The highest BCUT2D eigenvalue weighted by molar-refractivity contribution is 5.99. The van der Waals surface area contributed by atoms with Crippen LogP contribution in [0, 0.1) is 6.92 Å². The summed E-state index contributed by atoms with van der Waals surface area (Å²) in [5.74, 6) is -0.882. The van der Waals surface area contributed by atoms with Crippen molar-refractivity contribution in [3.8, 4) is 0 Å². The number of hydrogen-bond donors (Lipinski definition) is 2. The van der Waals surface area contributed by atoms with E-state index in [9.17, 15) is 14.4 Å². The lowest BCUT2D eigenvalue weighted by Gasteiger charge is -2.21. The van der Waals surface area contributed by atoms with Crippen molar-refractivity contribution in [2.75, 3.05) is 13.1 Å². The number of hydrogen-bond acceptors (Lipinski definition) is 4. The van der Waals surface area contributed by atoms with Gasteiger partial charge in [0.2, 0.25) is 5.91 Å². The van der Waals surface area contributed by atoms with E-state index >= 15 is 0 Å². The fourth-order valence-electron chi connectivity index (χ4n) is 3.31. The maximum Gasteiger partial charge on any atom is 0.272 e. The van der Waals surface area contributed by atoms with Crippen molar-refractivity contribution in [1.82, 2.24) is 25.3 Å². The van der Waals surface area contributed by atoms with Crippen LogP contribution in [-0.4, -0.2) is 51.5 Å². The summed E-state index contributed by atoms with van der Waals surface area (Å²) in [6.07, 6.45) is 0.754. The van der Waals surface area contributed by atoms with Gasteiger partial charge < -0.3 is 15.5 Å². The molecule has 0 atom stereocenters. The molecule has 3 amide bonds. The summed E-state index contributed by atoms with van der Waals surface area (Å²) in [6, 6.07) is 9.50. The molecule has 1 aromatic carbocycles. The van der Waals surface area contributed by atoms with E-state index in [-0.39, 0.29) is 30.1 Å². The van der Waals surface area contributed by atoms with Crippen molar-refractivity contribution < 1.29 is 14.4 Å². The average molecular weight is 397 g/mol. The summed E-state index contributed by atoms with van der Waals surface area (Å²) in [6.45, 7) is 7.31. The highest BCUT2D eigenvalue weighted by Gasteiger charge is 2.26. The van der Waals surface area contributed by atoms with Crippen LogP contribution in [-0.2, 0) is 17.9 Å². The number of aryl methyl sites for hydroxylation is 2. The Morgan fingerprint density at radius 3 is 2.69 bits per heavy atom. The quantitative estimate of drug-likeness (QED) is 0.772. The van der Waals surface area contributed by atoms with E-state index in [0.29, 0.717) is 25.3 Å². The van der Waals surface area contributed by atoms with Crippen LogP contribution >= 0.6 is 0 Å². The summed E-state index contributed by atoms with van der Waals surface area (Å²) in [7, 11) is 0. The van der Waals surface area contributed by atoms with Gasteiger partial charge in [0.1, 0.15) is 5.69 Å². The molecule has 2 N–H and O–H groups in total. The van der Waals surface area contributed by atoms with E-state index in [2.05, 4.69) is 15.7 Å². The third kappa shape index (κ3) is 5.01. The van der Waals surface area contributed by atoms with Crippen LogP contribution in [0.15, 0.2) is 30.3 Å². The maximum atomic E-state index is 13.0. The second-order valence-electron chi connectivity index (χ2n) is 7.55. The molecule has 8 heteroatoms. The summed E-state index contributed by atoms with van der Waals surface area (Å²) in [5.41, 5.74) is 2.78. The van der Waals surface area contributed by atoms with E-state index in [1.807, 2.05) is 45.0 Å². The fraction of sp³-hybridized carbons (Fsp3) is 0.429. The Kier molecular flexibility index (Phi) is 6.31. The Bertz CT molecular complexity index is 919. The van der Waals surface area contributed by atoms with E-state index in [4.69, 9.17) is 0 Å². The largest absolute Gasteiger partial charge is 0.352 e. The molecular weight excluding hydrogens is 370 g/mol. The van der Waals surface area contributed by atoms with Gasteiger partial charge in [0.05, 0.1) is 6.54 Å². The first-order chi connectivity index (χ1) is 13.8. The molecular formula is C21H27N5O3. The van der Waals surface area contributed by atoms with Crippen molar-refractivity contribution in [3.63, 3.8) is 0 Å². The summed E-state index contributed by atoms with van der Waals surface area (Å²) in [4.78, 5) is 38.9. The first kappa shape index (κ1) is 20.6. The minimum absolute atomic E-state index is 0.0000673. The van der Waals surface area contributed by atoms with Crippen LogP contribution in [0.2, 0.25) is 0 Å². The molecule has 1 aliphatic heterocycles. The molecule has 0 unspecified atom stereocenters. The van der Waals surface area contributed by atoms with Crippen molar-refractivity contribution in [2.24, 2.45) is 0 Å². The van der Waals surface area contributed by atoms with Gasteiger partial charge in [-0.1, -0.05) is 24.3 Å². The van der Waals surface area contributed by atoms with Gasteiger partial charge in [-0.05, 0) is 38.3 Å². The fourth-order valence-corrected chi connectivity index (χ4v) is 3.31. The molecule has 0 bridgehead atoms. The molecule has 2 heterocycles. The number of nitrogens with zero attached hydrogens (tertiary/aromatic N) is 3. The number of rotatable bonds is 6. The summed E-state index contributed by atoms with van der Waals surface area (Å²) < 4.78 is 1.59. The van der Waals surface area contributed by atoms with E-state index in [1.54, 1.807) is 9.58 Å². The number of amides is 3. The molecule has 0 saturated carbocycles. The number of fused-ring (bicyclic) bond motifs is 1. The molecule has 3 rings (SSSR count). The first-order valence-electron chi connectivity index (χ1n) is 9.84. The lowest BCUT2D eigenvalue weighted by molar-refractivity contribution is -0.120. The molecule has 1 aliphatic rings. The zero-order chi connectivity index (χ0) is 21.0. The van der Waals surface area contributed by atoms with Gasteiger partial charge in [-0.15, -0.1) is 0 Å². The minimum atomic E-state index is -0.470. The molecule has 2 aromatic rings. The van der Waals surface area contributed by atoms with E-state index in [1.165, 1.54) is 6.07 Å². The second kappa shape index (κ2) is 8.89. The van der Waals surface area contributed by atoms with Crippen LogP contribution in [0.4, 0.5) is 0 Å². The van der Waals surface area contributed by atoms with Crippen LogP contribution < -0.4 is 10.6 Å². The van der Waals surface area contributed by atoms with Gasteiger partial charge in [-0.3, -0.25) is 19.1 Å². The highest BCUT2D eigenvalue weighted by Crippen LogP contribution is 2.18. The van der Waals surface area contributed by atoms with Crippen molar-refractivity contribution in [3.05, 3.63) is 52.8 Å². The predicted octanol–water partition coefficient (Wildman–Crippen LogP) is 1.49. The van der Waals surface area contributed by atoms with Gasteiger partial charge in [0.25, 0.3) is 11.8 Å². The Balaban J connectivity index is 1.70. The number of carbonyl (C=O) groups excluding carboxylic acids is 3. The Labute approximate surface area is 170 Å². The van der Waals surface area contributed by atoms with Gasteiger partial charge in [0.15, 0.2) is 5.69 Å². The molecule has 0 aliphatic carbocycles. The standard InChI is InChI=1S/C21H27N5O3/c1-14(2)23-19(27)12-22-20(28)17-11-18-21(29)25(9-6-10-26(18)24-17)13-16-8-5-4-7-15(16)3/h4-5,7-8,11,14H,6,9-10,12-13H2,1-3H3,(H,22,28)(H,23,27). The van der Waals surface area contributed by atoms with Crippen molar-refractivity contribution in [1.29, 1.82) is 0 Å². The third-order valence-corrected chi connectivity index (χ3v) is 4.80. The minimum Gasteiger partial charge on any atom is -0.352 e. The zero-order valence-corrected chi connectivity index (χ0v) is 17.1. The molecule has 154 valence electrons. The predicted molar refractivity (Wildman–Crippen MR) is 108 cm³/mol. The van der Waals surface area contributed by atoms with Gasteiger partial charge in [-0.2, -0.15) is 5.10 Å². The van der Waals surface area contributed by atoms with Gasteiger partial charge in [0, 0.05) is 31.7 Å². The Hall–Kier alpha value is -3.16. The van der Waals surface area contributed by atoms with Crippen molar-refractivity contribution >= 4 is 17.7 Å². The van der Waals surface area contributed by atoms with E-state index in [0.717, 1.165) is 17.5 Å². The normalized spacial score (nSPS) is 13.8. The van der Waals surface area contributed by atoms with Crippen LogP contribution in [0.1, 0.15) is 52.4 Å². The SMILES string of the molecule is Cc1ccccc1CN1CCCn2nc(C(=O)NCC(=O)NC(C)C)cc2C1=O. The molecule has 0 radical (unpaired) electrons. The molecule has 0 fully saturated rings. The third-order valence-electron chi connectivity index (χ3n) is 4.80. The Morgan fingerprint density at radius 1 is 1.21 bits per heavy atom. The van der Waals surface area contributed by atoms with Gasteiger partial charge >= 0.3 is 0 Å². The van der Waals surface area contributed by atoms with Crippen LogP contribution in [0.5, 0.6) is 0 Å². The Morgan fingerprint density at radius 2 is 1.97 bits per heavy atom. The topological polar surface area (TPSA) is 96.3 Å². The average Bonchev–Trinajstić information content (AvgIpc) is 3.04. The van der Waals surface area contributed by atoms with E-state index < -0.39 is 5.91 Å². The maximum absolute atomic E-state index is 13.0. The second-order valence-corrected chi connectivity index (χ2v) is 7.55. The lowest BCUT2D eigenvalue weighted by Crippen LogP contribution is -2.39. The lowest BCUT2D eigenvalue weighted by atomic mass is 10.1. The first-order valence-corrected chi connectivity index (χ1v) is 9.84. The highest BCUT2D eigenvalue weighted by atomic mass is 16.2. The summed E-state index contributed by atoms with van der Waals surface area (Å²) >= 11 is 0. The smallest absolute Gasteiger partial charge is 0.272 e. The molecule has 1 aromatic heterocycles. The van der Waals surface area contributed by atoms with Crippen LogP contribution in [0.25, 0.3) is 0 Å². The summed E-state index contributed by atoms with van der Waals surface area (Å²) in [5, 5.41) is 9.54. The van der Waals surface area contributed by atoms with Crippen LogP contribution in [0.3, 0.4) is 0 Å². The monoisotopic (exact) mass is 397 g/mol. The molecule has 0 spiro atoms. The molecule has 8 nitrogen and oxygen atoms in total.